The maximum Gasteiger partial charge on any atom is 0.275 e. The average molecular weight is 301 g/mol. The van der Waals surface area contributed by atoms with Crippen molar-refractivity contribution < 1.29 is 4.79 Å². The van der Waals surface area contributed by atoms with Crippen molar-refractivity contribution in [1.29, 1.82) is 0 Å². The highest BCUT2D eigenvalue weighted by atomic mass is 35.5. The normalized spacial score (nSPS) is 10.3. The predicted molar refractivity (Wildman–Crippen MR) is 76.4 cm³/mol. The maximum absolute atomic E-state index is 12.0. The molecule has 3 aromatic rings. The molecule has 1 aromatic carbocycles. The third-order valence-corrected chi connectivity index (χ3v) is 2.79. The van der Waals surface area contributed by atoms with Gasteiger partial charge in [-0.15, -0.1) is 0 Å². The van der Waals surface area contributed by atoms with Crippen LogP contribution < -0.4 is 5.32 Å². The first-order valence-electron chi connectivity index (χ1n) is 5.98. The Balaban J connectivity index is 1.75. The predicted octanol–water partition coefficient (Wildman–Crippen LogP) is 1.96. The van der Waals surface area contributed by atoms with Gasteiger partial charge in [0.2, 0.25) is 0 Å². The zero-order chi connectivity index (χ0) is 14.7. The fourth-order valence-corrected chi connectivity index (χ4v) is 1.82. The summed E-state index contributed by atoms with van der Waals surface area (Å²) in [7, 11) is 0. The first-order chi connectivity index (χ1) is 10.2. The van der Waals surface area contributed by atoms with Crippen LogP contribution in [0, 0.1) is 0 Å². The lowest BCUT2D eigenvalue weighted by atomic mass is 10.2. The Labute approximate surface area is 124 Å². The van der Waals surface area contributed by atoms with Crippen molar-refractivity contribution in [3.05, 3.63) is 59.9 Å². The van der Waals surface area contributed by atoms with Gasteiger partial charge in [0.1, 0.15) is 10.8 Å². The first kappa shape index (κ1) is 13.2. The number of carbonyl (C=O) groups is 1. The average Bonchev–Trinajstić information content (AvgIpc) is 3.02. The van der Waals surface area contributed by atoms with Gasteiger partial charge >= 0.3 is 0 Å². The molecule has 0 spiro atoms. The molecule has 2 heterocycles. The summed E-state index contributed by atoms with van der Waals surface area (Å²) in [6, 6.07) is 7.07. The minimum Gasteiger partial charge on any atom is -0.321 e. The smallest absolute Gasteiger partial charge is 0.275 e. The highest BCUT2D eigenvalue weighted by Gasteiger charge is 2.09. The molecule has 8 heteroatoms. The quantitative estimate of drug-likeness (QED) is 0.799. The zero-order valence-corrected chi connectivity index (χ0v) is 11.4. The number of carbonyl (C=O) groups excluding carboxylic acids is 1. The fourth-order valence-electron chi connectivity index (χ4n) is 1.67. The van der Waals surface area contributed by atoms with Gasteiger partial charge in [-0.2, -0.15) is 15.0 Å². The van der Waals surface area contributed by atoms with Gasteiger partial charge < -0.3 is 5.32 Å². The van der Waals surface area contributed by atoms with Crippen LogP contribution in [0.4, 0.5) is 5.69 Å². The van der Waals surface area contributed by atoms with Gasteiger partial charge in [0, 0.05) is 5.69 Å². The number of amides is 1. The molecule has 7 nitrogen and oxygen atoms in total. The summed E-state index contributed by atoms with van der Waals surface area (Å²) in [5.41, 5.74) is 1.57. The number of nitrogens with zero attached hydrogens (tertiary/aromatic N) is 5. The van der Waals surface area contributed by atoms with Gasteiger partial charge in [-0.1, -0.05) is 11.6 Å². The Kier molecular flexibility index (Phi) is 3.57. The highest BCUT2D eigenvalue weighted by Crippen LogP contribution is 2.13. The number of hydrogen-bond donors (Lipinski definition) is 1. The van der Waals surface area contributed by atoms with E-state index in [-0.39, 0.29) is 16.8 Å². The molecule has 1 N–H and O–H groups in total. The molecule has 0 aliphatic carbocycles. The molecule has 0 bridgehead atoms. The fraction of sp³-hybridized carbons (Fsp3) is 0. The van der Waals surface area contributed by atoms with Crippen LogP contribution in [-0.2, 0) is 0 Å². The molecular weight excluding hydrogens is 292 g/mol. The molecule has 0 saturated carbocycles. The number of hydrogen-bond acceptors (Lipinski definition) is 5. The van der Waals surface area contributed by atoms with Crippen LogP contribution in [-0.4, -0.2) is 30.9 Å². The van der Waals surface area contributed by atoms with Crippen LogP contribution in [0.3, 0.4) is 0 Å². The molecule has 1 amide bonds. The van der Waals surface area contributed by atoms with Gasteiger partial charge in [0.15, 0.2) is 0 Å². The molecule has 104 valence electrons. The molecule has 21 heavy (non-hydrogen) atoms. The zero-order valence-electron chi connectivity index (χ0n) is 10.6. The second-order valence-corrected chi connectivity index (χ2v) is 4.43. The molecule has 0 saturated heterocycles. The Morgan fingerprint density at radius 3 is 2.48 bits per heavy atom. The number of nitrogens with one attached hydrogen (secondary N) is 1. The van der Waals surface area contributed by atoms with E-state index in [1.165, 1.54) is 17.2 Å². The van der Waals surface area contributed by atoms with E-state index in [0.717, 1.165) is 5.69 Å². The number of halogens is 1. The number of benzene rings is 1. The van der Waals surface area contributed by atoms with Gasteiger partial charge in [-0.3, -0.25) is 9.78 Å². The van der Waals surface area contributed by atoms with E-state index in [9.17, 15) is 4.79 Å². The second-order valence-electron chi connectivity index (χ2n) is 4.05. The van der Waals surface area contributed by atoms with Crippen LogP contribution in [0.2, 0.25) is 5.15 Å². The van der Waals surface area contributed by atoms with E-state index >= 15 is 0 Å². The van der Waals surface area contributed by atoms with Gasteiger partial charge in [0.25, 0.3) is 5.91 Å². The lowest BCUT2D eigenvalue weighted by molar-refractivity contribution is 0.102. The van der Waals surface area contributed by atoms with Crippen molar-refractivity contribution in [1.82, 2.24) is 25.0 Å². The summed E-state index contributed by atoms with van der Waals surface area (Å²) in [5, 5.41) is 10.9. The van der Waals surface area contributed by atoms with Crippen LogP contribution in [0.1, 0.15) is 10.5 Å². The van der Waals surface area contributed by atoms with Crippen molar-refractivity contribution >= 4 is 23.2 Å². The number of rotatable bonds is 3. The van der Waals surface area contributed by atoms with Crippen LogP contribution in [0.25, 0.3) is 5.69 Å². The summed E-state index contributed by atoms with van der Waals surface area (Å²) >= 11 is 5.70. The summed E-state index contributed by atoms with van der Waals surface area (Å²) < 4.78 is 0. The third-order valence-electron chi connectivity index (χ3n) is 2.61. The maximum atomic E-state index is 12.0. The van der Waals surface area contributed by atoms with Gasteiger partial charge in [-0.25, -0.2) is 4.98 Å². The molecule has 0 fully saturated rings. The van der Waals surface area contributed by atoms with Gasteiger partial charge in [-0.05, 0) is 24.3 Å². The summed E-state index contributed by atoms with van der Waals surface area (Å²) in [5.74, 6) is -0.380. The lowest BCUT2D eigenvalue weighted by Crippen LogP contribution is -2.14. The van der Waals surface area contributed by atoms with Crippen molar-refractivity contribution in [2.75, 3.05) is 5.32 Å². The Morgan fingerprint density at radius 2 is 1.81 bits per heavy atom. The topological polar surface area (TPSA) is 85.6 Å². The van der Waals surface area contributed by atoms with E-state index in [0.29, 0.717) is 5.69 Å². The third kappa shape index (κ3) is 3.03. The Hall–Kier alpha value is -2.80. The highest BCUT2D eigenvalue weighted by molar-refractivity contribution is 6.29. The summed E-state index contributed by atoms with van der Waals surface area (Å²) in [6.07, 6.45) is 5.90. The van der Waals surface area contributed by atoms with Crippen molar-refractivity contribution in [2.24, 2.45) is 0 Å². The molecule has 3 rings (SSSR count). The Morgan fingerprint density at radius 1 is 1.10 bits per heavy atom. The standard InChI is InChI=1S/C13H9ClN6O/c14-12-8-15-7-11(19-12)13(21)18-9-1-3-10(4-2-9)20-16-5-6-17-20/h1-8H,(H,18,21). The molecule has 2 aromatic heterocycles. The minimum absolute atomic E-state index is 0.153. The lowest BCUT2D eigenvalue weighted by Gasteiger charge is -2.05. The first-order valence-corrected chi connectivity index (χ1v) is 6.36. The molecule has 0 radical (unpaired) electrons. The van der Waals surface area contributed by atoms with Crippen LogP contribution in [0.5, 0.6) is 0 Å². The van der Waals surface area contributed by atoms with Gasteiger partial charge in [0.05, 0.1) is 30.5 Å². The van der Waals surface area contributed by atoms with Crippen LogP contribution in [0.15, 0.2) is 49.1 Å². The largest absolute Gasteiger partial charge is 0.321 e. The monoisotopic (exact) mass is 300 g/mol. The summed E-state index contributed by atoms with van der Waals surface area (Å²) in [6.45, 7) is 0. The van der Waals surface area contributed by atoms with Crippen LogP contribution >= 0.6 is 11.6 Å². The van der Waals surface area contributed by atoms with Crippen molar-refractivity contribution in [3.63, 3.8) is 0 Å². The molecule has 0 aliphatic rings. The van der Waals surface area contributed by atoms with Crippen molar-refractivity contribution in [2.45, 2.75) is 0 Å². The molecule has 0 atom stereocenters. The van der Waals surface area contributed by atoms with E-state index in [4.69, 9.17) is 11.6 Å². The molecular formula is C13H9ClN6O. The summed E-state index contributed by atoms with van der Waals surface area (Å²) in [4.78, 5) is 21.2. The van der Waals surface area contributed by atoms with Crippen molar-refractivity contribution in [3.8, 4) is 5.69 Å². The van der Waals surface area contributed by atoms with E-state index in [2.05, 4.69) is 25.5 Å². The minimum atomic E-state index is -0.380. The number of aromatic nitrogens is 5. The SMILES string of the molecule is O=C(Nc1ccc(-n2nccn2)cc1)c1cncc(Cl)n1. The number of anilines is 1. The van der Waals surface area contributed by atoms with E-state index < -0.39 is 0 Å². The Bertz CT molecular complexity index is 757. The van der Waals surface area contributed by atoms with E-state index in [1.807, 2.05) is 0 Å². The molecule has 0 aliphatic heterocycles. The molecule has 0 unspecified atom stereocenters. The second kappa shape index (κ2) is 5.68. The van der Waals surface area contributed by atoms with E-state index in [1.54, 1.807) is 36.7 Å².